The predicted molar refractivity (Wildman–Crippen MR) is 124 cm³/mol. The molecule has 1 amide bonds. The van der Waals surface area contributed by atoms with E-state index in [9.17, 15) is 27.7 Å². The van der Waals surface area contributed by atoms with Gasteiger partial charge in [0.15, 0.2) is 16.4 Å². The summed E-state index contributed by atoms with van der Waals surface area (Å²) in [7, 11) is -4.57. The number of hydrogen-bond acceptors (Lipinski definition) is 8. The minimum absolute atomic E-state index is 0.110. The number of nitro groups is 1. The Hall–Kier alpha value is -3.74. The number of sulfonamides is 1. The molecule has 0 saturated heterocycles. The van der Waals surface area contributed by atoms with Crippen molar-refractivity contribution in [1.29, 1.82) is 0 Å². The van der Waals surface area contributed by atoms with Gasteiger partial charge in [0.05, 0.1) is 17.2 Å². The minimum Gasteiger partial charge on any atom is -0.443 e. The summed E-state index contributed by atoms with van der Waals surface area (Å²) in [5.74, 6) is -0.0543. The Morgan fingerprint density at radius 1 is 1.29 bits per heavy atom. The topological polar surface area (TPSA) is 145 Å². The van der Waals surface area contributed by atoms with Crippen molar-refractivity contribution in [3.63, 3.8) is 0 Å². The number of nitrogens with one attached hydrogen (secondary N) is 2. The van der Waals surface area contributed by atoms with E-state index in [1.807, 2.05) is 6.20 Å². The number of nitrogens with zero attached hydrogens (tertiary/aromatic N) is 3. The standard InChI is InChI=1S/C22H24FN5O6S/c1-22(2,3)34-21(29)26-35(32,33)19-7-6-15(9-18(19)28(30)31)24-10-16-12-27-11-14(13-4-5-13)8-17(23)20(27)25-16/h6-9,11-13,24H,4-5,10H2,1-3H3,(H,26,29). The van der Waals surface area contributed by atoms with E-state index in [2.05, 4.69) is 10.3 Å². The highest BCUT2D eigenvalue weighted by Crippen LogP contribution is 2.40. The summed E-state index contributed by atoms with van der Waals surface area (Å²) in [6.45, 7) is 4.75. The Morgan fingerprint density at radius 2 is 2.00 bits per heavy atom. The number of anilines is 1. The van der Waals surface area contributed by atoms with Gasteiger partial charge in [-0.2, -0.15) is 0 Å². The molecule has 1 aliphatic rings. The highest BCUT2D eigenvalue weighted by atomic mass is 32.2. The summed E-state index contributed by atoms with van der Waals surface area (Å²) in [6, 6.07) is 4.85. The lowest BCUT2D eigenvalue weighted by molar-refractivity contribution is -0.387. The zero-order chi connectivity index (χ0) is 25.5. The quantitative estimate of drug-likeness (QED) is 0.361. The van der Waals surface area contributed by atoms with Crippen LogP contribution >= 0.6 is 0 Å². The summed E-state index contributed by atoms with van der Waals surface area (Å²) in [5, 5.41) is 14.5. The molecular formula is C22H24FN5O6S. The molecule has 2 heterocycles. The van der Waals surface area contributed by atoms with Crippen LogP contribution in [0.5, 0.6) is 0 Å². The van der Waals surface area contributed by atoms with Crippen LogP contribution in [0.15, 0.2) is 41.6 Å². The third kappa shape index (κ3) is 5.67. The lowest BCUT2D eigenvalue weighted by Gasteiger charge is -2.19. The van der Waals surface area contributed by atoms with E-state index in [1.54, 1.807) is 36.1 Å². The molecule has 11 nitrogen and oxygen atoms in total. The number of imidazole rings is 1. The molecule has 0 atom stereocenters. The van der Waals surface area contributed by atoms with Crippen molar-refractivity contribution in [3.05, 3.63) is 63.8 Å². The van der Waals surface area contributed by atoms with E-state index < -0.39 is 43.0 Å². The smallest absolute Gasteiger partial charge is 0.421 e. The maximum atomic E-state index is 14.4. The molecule has 186 valence electrons. The first-order valence-electron chi connectivity index (χ1n) is 10.8. The van der Waals surface area contributed by atoms with Crippen LogP contribution in [0.4, 0.5) is 20.6 Å². The molecule has 2 aromatic heterocycles. The monoisotopic (exact) mass is 505 g/mol. The third-order valence-electron chi connectivity index (χ3n) is 5.16. The SMILES string of the molecule is CC(C)(C)OC(=O)NS(=O)(=O)c1ccc(NCc2cn3cc(C4CC4)cc(F)c3n2)cc1[N+](=O)[O-]. The molecule has 3 aromatic rings. The highest BCUT2D eigenvalue weighted by molar-refractivity contribution is 7.90. The van der Waals surface area contributed by atoms with Crippen molar-refractivity contribution in [2.75, 3.05) is 5.32 Å². The number of aromatic nitrogens is 2. The van der Waals surface area contributed by atoms with Gasteiger partial charge in [-0.1, -0.05) is 0 Å². The van der Waals surface area contributed by atoms with Crippen LogP contribution < -0.4 is 10.0 Å². The molecule has 0 bridgehead atoms. The molecule has 35 heavy (non-hydrogen) atoms. The lowest BCUT2D eigenvalue weighted by atomic mass is 10.2. The number of carbonyl (C=O) groups excluding carboxylic acids is 1. The molecule has 1 aromatic carbocycles. The molecule has 13 heteroatoms. The summed E-state index contributed by atoms with van der Waals surface area (Å²) >= 11 is 0. The van der Waals surface area contributed by atoms with Gasteiger partial charge in [0.25, 0.3) is 15.7 Å². The number of pyridine rings is 1. The van der Waals surface area contributed by atoms with Crippen LogP contribution in [-0.2, 0) is 21.3 Å². The van der Waals surface area contributed by atoms with E-state index in [0.717, 1.165) is 30.5 Å². The van der Waals surface area contributed by atoms with Crippen LogP contribution in [0.25, 0.3) is 5.65 Å². The maximum Gasteiger partial charge on any atom is 0.421 e. The number of hydrogen-bond donors (Lipinski definition) is 2. The van der Waals surface area contributed by atoms with Crippen molar-refractivity contribution in [2.45, 2.75) is 56.6 Å². The minimum atomic E-state index is -4.57. The van der Waals surface area contributed by atoms with Gasteiger partial charge in [0.1, 0.15) is 5.60 Å². The second kappa shape index (κ2) is 8.80. The number of nitro benzene ring substituents is 1. The molecule has 1 aliphatic carbocycles. The number of benzene rings is 1. The van der Waals surface area contributed by atoms with Crippen molar-refractivity contribution in [3.8, 4) is 0 Å². The van der Waals surface area contributed by atoms with Gasteiger partial charge in [-0.3, -0.25) is 10.1 Å². The van der Waals surface area contributed by atoms with E-state index in [1.165, 1.54) is 12.1 Å². The van der Waals surface area contributed by atoms with Gasteiger partial charge in [-0.15, -0.1) is 0 Å². The molecule has 2 N–H and O–H groups in total. The molecule has 0 aliphatic heterocycles. The van der Waals surface area contributed by atoms with Crippen molar-refractivity contribution >= 4 is 33.1 Å². The largest absolute Gasteiger partial charge is 0.443 e. The Morgan fingerprint density at radius 3 is 2.63 bits per heavy atom. The Kier molecular flexibility index (Phi) is 6.13. The first-order chi connectivity index (χ1) is 16.3. The van der Waals surface area contributed by atoms with Crippen LogP contribution in [-0.4, -0.2) is 34.4 Å². The zero-order valence-electron chi connectivity index (χ0n) is 19.2. The first-order valence-corrected chi connectivity index (χ1v) is 12.3. The fourth-order valence-corrected chi connectivity index (χ4v) is 4.53. The second-order valence-corrected chi connectivity index (χ2v) is 10.9. The van der Waals surface area contributed by atoms with E-state index in [0.29, 0.717) is 11.6 Å². The Labute approximate surface area is 200 Å². The van der Waals surface area contributed by atoms with Gasteiger partial charge >= 0.3 is 6.09 Å². The predicted octanol–water partition coefficient (Wildman–Crippen LogP) is 4.08. The number of ether oxygens (including phenoxy) is 1. The number of halogens is 1. The molecule has 0 spiro atoms. The number of amides is 1. The normalized spacial score (nSPS) is 14.1. The molecular weight excluding hydrogens is 481 g/mol. The third-order valence-corrected chi connectivity index (χ3v) is 6.52. The average Bonchev–Trinajstić information content (AvgIpc) is 3.50. The van der Waals surface area contributed by atoms with Gasteiger partial charge in [-0.25, -0.2) is 27.3 Å². The highest BCUT2D eigenvalue weighted by Gasteiger charge is 2.30. The number of fused-ring (bicyclic) bond motifs is 1. The summed E-state index contributed by atoms with van der Waals surface area (Å²) in [6.07, 6.45) is 4.32. The first kappa shape index (κ1) is 24.4. The van der Waals surface area contributed by atoms with E-state index in [-0.39, 0.29) is 17.9 Å². The fourth-order valence-electron chi connectivity index (χ4n) is 3.51. The summed E-state index contributed by atoms with van der Waals surface area (Å²) in [4.78, 5) is 26.2. The lowest BCUT2D eigenvalue weighted by Crippen LogP contribution is -2.36. The summed E-state index contributed by atoms with van der Waals surface area (Å²) in [5.41, 5.74) is 0.124. The molecule has 1 saturated carbocycles. The Balaban J connectivity index is 1.52. The van der Waals surface area contributed by atoms with E-state index in [4.69, 9.17) is 4.74 Å². The molecule has 1 fully saturated rings. The van der Waals surface area contributed by atoms with Crippen LogP contribution in [0, 0.1) is 15.9 Å². The van der Waals surface area contributed by atoms with Crippen molar-refractivity contribution < 1.29 is 27.3 Å². The van der Waals surface area contributed by atoms with Crippen LogP contribution in [0.1, 0.15) is 50.8 Å². The van der Waals surface area contributed by atoms with E-state index >= 15 is 0 Å². The van der Waals surface area contributed by atoms with Crippen molar-refractivity contribution in [2.24, 2.45) is 0 Å². The maximum absolute atomic E-state index is 14.4. The average molecular weight is 506 g/mol. The zero-order valence-corrected chi connectivity index (χ0v) is 20.1. The van der Waals surface area contributed by atoms with Crippen LogP contribution in [0.2, 0.25) is 0 Å². The van der Waals surface area contributed by atoms with Gasteiger partial charge in [0, 0.05) is 24.1 Å². The van der Waals surface area contributed by atoms with Crippen LogP contribution in [0.3, 0.4) is 0 Å². The Bertz CT molecular complexity index is 1430. The van der Waals surface area contributed by atoms with Gasteiger partial charge in [-0.05, 0) is 63.3 Å². The molecule has 4 rings (SSSR count). The fraction of sp³-hybridized carbons (Fsp3) is 0.364. The molecule has 0 radical (unpaired) electrons. The second-order valence-electron chi connectivity index (χ2n) is 9.26. The number of carbonyl (C=O) groups is 1. The van der Waals surface area contributed by atoms with Crippen molar-refractivity contribution in [1.82, 2.24) is 14.1 Å². The summed E-state index contributed by atoms with van der Waals surface area (Å²) < 4.78 is 47.8. The molecule has 0 unspecified atom stereocenters. The number of rotatable bonds is 7. The van der Waals surface area contributed by atoms with Gasteiger partial charge < -0.3 is 14.5 Å². The van der Waals surface area contributed by atoms with Gasteiger partial charge in [0.2, 0.25) is 0 Å².